The lowest BCUT2D eigenvalue weighted by Gasteiger charge is -2.32. The summed E-state index contributed by atoms with van der Waals surface area (Å²) in [5.74, 6) is 0.139. The molecule has 0 radical (unpaired) electrons. The highest BCUT2D eigenvalue weighted by molar-refractivity contribution is 5.68. The van der Waals surface area contributed by atoms with Crippen molar-refractivity contribution in [2.45, 2.75) is 89.9 Å². The summed E-state index contributed by atoms with van der Waals surface area (Å²) in [6.45, 7) is 7.62. The van der Waals surface area contributed by atoms with Crippen molar-refractivity contribution < 1.29 is 19.2 Å². The average Bonchev–Trinajstić information content (AvgIpc) is 2.94. The Morgan fingerprint density at radius 2 is 2.10 bits per heavy atom. The number of ether oxygens (including phenoxy) is 2. The molecule has 1 N–H and O–H groups in total. The van der Waals surface area contributed by atoms with Crippen LogP contribution in [-0.2, 0) is 16.5 Å². The zero-order chi connectivity index (χ0) is 22.5. The number of hydrogen-bond acceptors (Lipinski definition) is 6. The van der Waals surface area contributed by atoms with E-state index in [1.54, 1.807) is 18.8 Å². The first-order valence-corrected chi connectivity index (χ1v) is 10.8. The molecule has 4 unspecified atom stereocenters. The van der Waals surface area contributed by atoms with Gasteiger partial charge in [0.05, 0.1) is 17.1 Å². The Balaban J connectivity index is 2.30. The van der Waals surface area contributed by atoms with E-state index in [1.165, 1.54) is 6.20 Å². The summed E-state index contributed by atoms with van der Waals surface area (Å²) in [4.78, 5) is 23.6. The fourth-order valence-corrected chi connectivity index (χ4v) is 4.51. The minimum absolute atomic E-state index is 0.0251. The van der Waals surface area contributed by atoms with Gasteiger partial charge < -0.3 is 14.8 Å². The molecule has 1 heterocycles. The number of carbonyl (C=O) groups excluding carboxylic acids is 1. The van der Waals surface area contributed by atoms with Gasteiger partial charge in [-0.25, -0.2) is 4.79 Å². The maximum atomic E-state index is 12.4. The molecular weight excluding hydrogens is 388 g/mol. The molecule has 0 saturated heterocycles. The number of aromatic nitrogens is 2. The van der Waals surface area contributed by atoms with Gasteiger partial charge in [0.2, 0.25) is 0 Å². The molecule has 0 bridgehead atoms. The number of hydrogen-bond donors (Lipinski definition) is 1. The normalized spacial score (nSPS) is 24.9. The summed E-state index contributed by atoms with van der Waals surface area (Å²) in [6.07, 6.45) is 5.80. The fraction of sp³-hybridized carbons (Fsp3) is 0.810. The van der Waals surface area contributed by atoms with Crippen molar-refractivity contribution in [3.8, 4) is 0 Å². The molecule has 1 aliphatic rings. The molecule has 170 valence electrons. The van der Waals surface area contributed by atoms with Gasteiger partial charge in [0, 0.05) is 20.1 Å². The highest BCUT2D eigenvalue weighted by Gasteiger charge is 2.39. The van der Waals surface area contributed by atoms with Crippen LogP contribution in [0, 0.1) is 16.0 Å². The standard InChI is InChI=1S/C21H36N4O5/c1-7-8-9-15-12-14(18-17(25(27)28)13-22-24(18)5)10-11-16(19(15)29-6)23-20(26)30-21(2,3)4/h13-16,19H,7-12H2,1-6H3,(H,23,26). The number of nitrogens with one attached hydrogen (secondary N) is 1. The van der Waals surface area contributed by atoms with E-state index in [4.69, 9.17) is 9.47 Å². The number of amides is 1. The first-order valence-electron chi connectivity index (χ1n) is 10.8. The maximum Gasteiger partial charge on any atom is 0.407 e. The minimum Gasteiger partial charge on any atom is -0.444 e. The van der Waals surface area contributed by atoms with Crippen molar-refractivity contribution in [1.29, 1.82) is 0 Å². The Kier molecular flexibility index (Phi) is 8.23. The van der Waals surface area contributed by atoms with Crippen molar-refractivity contribution in [3.05, 3.63) is 22.0 Å². The number of carbonyl (C=O) groups is 1. The third kappa shape index (κ3) is 6.17. The predicted octanol–water partition coefficient (Wildman–Crippen LogP) is 4.31. The molecule has 9 nitrogen and oxygen atoms in total. The maximum absolute atomic E-state index is 12.4. The largest absolute Gasteiger partial charge is 0.444 e. The molecule has 0 aliphatic heterocycles. The first-order chi connectivity index (χ1) is 14.1. The number of methoxy groups -OCH3 is 1. The van der Waals surface area contributed by atoms with Crippen LogP contribution in [0.4, 0.5) is 10.5 Å². The molecule has 2 rings (SSSR count). The second-order valence-electron chi connectivity index (χ2n) is 9.16. The quantitative estimate of drug-likeness (QED) is 0.397. The zero-order valence-corrected chi connectivity index (χ0v) is 19.0. The molecule has 1 aromatic heterocycles. The van der Waals surface area contributed by atoms with E-state index in [2.05, 4.69) is 17.3 Å². The lowest BCUT2D eigenvalue weighted by Crippen LogP contribution is -2.48. The molecule has 30 heavy (non-hydrogen) atoms. The SMILES string of the molecule is CCCCC1CC(c2c([N+](=O)[O-])cnn2C)CCC(NC(=O)OC(C)(C)C)C1OC. The van der Waals surface area contributed by atoms with E-state index in [0.717, 1.165) is 25.7 Å². The Bertz CT molecular complexity index is 727. The molecule has 1 aliphatic carbocycles. The van der Waals surface area contributed by atoms with E-state index >= 15 is 0 Å². The van der Waals surface area contributed by atoms with Gasteiger partial charge in [-0.3, -0.25) is 14.8 Å². The lowest BCUT2D eigenvalue weighted by atomic mass is 9.85. The van der Waals surface area contributed by atoms with Crippen LogP contribution in [0.5, 0.6) is 0 Å². The molecule has 0 spiro atoms. The Hall–Kier alpha value is -2.16. The van der Waals surface area contributed by atoms with E-state index in [1.807, 2.05) is 20.8 Å². The molecular formula is C21H36N4O5. The van der Waals surface area contributed by atoms with E-state index in [9.17, 15) is 14.9 Å². The van der Waals surface area contributed by atoms with E-state index in [-0.39, 0.29) is 34.6 Å². The first kappa shape index (κ1) is 24.1. The van der Waals surface area contributed by atoms with Crippen molar-refractivity contribution in [2.75, 3.05) is 7.11 Å². The number of nitro groups is 1. The summed E-state index contributed by atoms with van der Waals surface area (Å²) in [7, 11) is 3.42. The van der Waals surface area contributed by atoms with Crippen LogP contribution in [0.2, 0.25) is 0 Å². The second kappa shape index (κ2) is 10.2. The fourth-order valence-electron chi connectivity index (χ4n) is 4.51. The van der Waals surface area contributed by atoms with Crippen LogP contribution < -0.4 is 5.32 Å². The topological polar surface area (TPSA) is 109 Å². The van der Waals surface area contributed by atoms with E-state index < -0.39 is 11.7 Å². The van der Waals surface area contributed by atoms with Gasteiger partial charge in [0.15, 0.2) is 0 Å². The number of nitrogens with zero attached hydrogens (tertiary/aromatic N) is 3. The van der Waals surface area contributed by atoms with Gasteiger partial charge in [0.25, 0.3) is 0 Å². The summed E-state index contributed by atoms with van der Waals surface area (Å²) in [6, 6.07) is -0.219. The van der Waals surface area contributed by atoms with Crippen molar-refractivity contribution in [2.24, 2.45) is 13.0 Å². The Morgan fingerprint density at radius 1 is 1.40 bits per heavy atom. The lowest BCUT2D eigenvalue weighted by molar-refractivity contribution is -0.385. The zero-order valence-electron chi connectivity index (χ0n) is 19.0. The monoisotopic (exact) mass is 424 g/mol. The smallest absolute Gasteiger partial charge is 0.407 e. The van der Waals surface area contributed by atoms with Crippen LogP contribution >= 0.6 is 0 Å². The number of alkyl carbamates (subject to hydrolysis) is 1. The van der Waals surface area contributed by atoms with Crippen LogP contribution in [0.15, 0.2) is 6.20 Å². The summed E-state index contributed by atoms with van der Waals surface area (Å²) in [5.41, 5.74) is 0.121. The number of aryl methyl sites for hydroxylation is 1. The number of rotatable bonds is 7. The molecule has 1 saturated carbocycles. The summed E-state index contributed by atoms with van der Waals surface area (Å²) < 4.78 is 12.9. The minimum atomic E-state index is -0.586. The van der Waals surface area contributed by atoms with Crippen LogP contribution in [-0.4, -0.2) is 45.7 Å². The third-order valence-corrected chi connectivity index (χ3v) is 5.73. The van der Waals surface area contributed by atoms with Gasteiger partial charge in [-0.2, -0.15) is 5.10 Å². The van der Waals surface area contributed by atoms with Crippen molar-refractivity contribution in [3.63, 3.8) is 0 Å². The predicted molar refractivity (Wildman–Crippen MR) is 113 cm³/mol. The second-order valence-corrected chi connectivity index (χ2v) is 9.16. The van der Waals surface area contributed by atoms with Crippen molar-refractivity contribution >= 4 is 11.8 Å². The molecule has 0 aromatic carbocycles. The van der Waals surface area contributed by atoms with Gasteiger partial charge in [-0.1, -0.05) is 19.8 Å². The van der Waals surface area contributed by atoms with Crippen LogP contribution in [0.25, 0.3) is 0 Å². The number of unbranched alkanes of at least 4 members (excludes halogenated alkanes) is 1. The van der Waals surface area contributed by atoms with Gasteiger partial charge in [-0.05, 0) is 52.4 Å². The molecule has 1 aromatic rings. The molecule has 9 heteroatoms. The van der Waals surface area contributed by atoms with E-state index in [0.29, 0.717) is 18.5 Å². The van der Waals surface area contributed by atoms with Gasteiger partial charge in [-0.15, -0.1) is 0 Å². The summed E-state index contributed by atoms with van der Waals surface area (Å²) >= 11 is 0. The Labute approximate surface area is 178 Å². The molecule has 1 amide bonds. The summed E-state index contributed by atoms with van der Waals surface area (Å²) in [5, 5.41) is 18.7. The third-order valence-electron chi connectivity index (χ3n) is 5.73. The Morgan fingerprint density at radius 3 is 2.67 bits per heavy atom. The van der Waals surface area contributed by atoms with Crippen molar-refractivity contribution in [1.82, 2.24) is 15.1 Å². The highest BCUT2D eigenvalue weighted by Crippen LogP contribution is 2.41. The van der Waals surface area contributed by atoms with Crippen LogP contribution in [0.3, 0.4) is 0 Å². The molecule has 4 atom stereocenters. The highest BCUT2D eigenvalue weighted by atomic mass is 16.6. The van der Waals surface area contributed by atoms with Gasteiger partial charge in [0.1, 0.15) is 17.5 Å². The van der Waals surface area contributed by atoms with Gasteiger partial charge >= 0.3 is 11.8 Å². The average molecular weight is 425 g/mol. The van der Waals surface area contributed by atoms with Crippen LogP contribution in [0.1, 0.15) is 77.8 Å². The molecule has 1 fully saturated rings.